The van der Waals surface area contributed by atoms with Gasteiger partial charge in [0, 0.05) is 24.2 Å². The van der Waals surface area contributed by atoms with E-state index in [0.717, 1.165) is 10.7 Å². The van der Waals surface area contributed by atoms with E-state index in [2.05, 4.69) is 29.0 Å². The zero-order valence-electron chi connectivity index (χ0n) is 10.6. The molecule has 0 amide bonds. The fourth-order valence-corrected chi connectivity index (χ4v) is 2.72. The molecular weight excluding hydrogens is 242 g/mol. The van der Waals surface area contributed by atoms with Crippen LogP contribution in [0, 0.1) is 13.8 Å². The van der Waals surface area contributed by atoms with Gasteiger partial charge in [-0.3, -0.25) is 0 Å². The van der Waals surface area contributed by atoms with Gasteiger partial charge in [-0.15, -0.1) is 0 Å². The van der Waals surface area contributed by atoms with E-state index in [0.29, 0.717) is 6.54 Å². The Morgan fingerprint density at radius 2 is 1.83 bits per heavy atom. The van der Waals surface area contributed by atoms with E-state index in [1.165, 1.54) is 11.1 Å². The van der Waals surface area contributed by atoms with Crippen molar-refractivity contribution in [3.8, 4) is 0 Å². The number of aryl methyl sites for hydroxylation is 2. The van der Waals surface area contributed by atoms with Crippen LogP contribution >= 0.6 is 11.8 Å². The van der Waals surface area contributed by atoms with E-state index in [1.807, 2.05) is 31.5 Å². The van der Waals surface area contributed by atoms with Crippen molar-refractivity contribution in [3.05, 3.63) is 53.3 Å². The van der Waals surface area contributed by atoms with E-state index in [1.54, 1.807) is 11.8 Å². The summed E-state index contributed by atoms with van der Waals surface area (Å²) in [6.07, 6.45) is 3.67. The van der Waals surface area contributed by atoms with Gasteiger partial charge in [0.25, 0.3) is 0 Å². The minimum absolute atomic E-state index is 0.203. The number of aromatic nitrogens is 2. The van der Waals surface area contributed by atoms with E-state index in [-0.39, 0.29) is 5.25 Å². The molecule has 0 radical (unpaired) electrons. The average molecular weight is 259 g/mol. The molecule has 1 unspecified atom stereocenters. The molecule has 2 rings (SSSR count). The van der Waals surface area contributed by atoms with Crippen LogP contribution in [0.15, 0.2) is 41.8 Å². The largest absolute Gasteiger partial charge is 0.329 e. The average Bonchev–Trinajstić information content (AvgIpc) is 2.39. The van der Waals surface area contributed by atoms with Crippen molar-refractivity contribution in [1.29, 1.82) is 0 Å². The second-order valence-electron chi connectivity index (χ2n) is 4.24. The fourth-order valence-electron chi connectivity index (χ4n) is 1.76. The maximum absolute atomic E-state index is 5.88. The highest BCUT2D eigenvalue weighted by molar-refractivity contribution is 7.99. The Balaban J connectivity index is 2.20. The van der Waals surface area contributed by atoms with Crippen molar-refractivity contribution >= 4 is 11.8 Å². The van der Waals surface area contributed by atoms with E-state index in [9.17, 15) is 0 Å². The van der Waals surface area contributed by atoms with Crippen molar-refractivity contribution in [3.63, 3.8) is 0 Å². The molecule has 0 spiro atoms. The van der Waals surface area contributed by atoms with Crippen molar-refractivity contribution in [2.24, 2.45) is 5.73 Å². The number of nitrogens with zero attached hydrogens (tertiary/aromatic N) is 2. The van der Waals surface area contributed by atoms with Gasteiger partial charge in [-0.05, 0) is 30.5 Å². The molecular formula is C14H17N3S. The monoisotopic (exact) mass is 259 g/mol. The van der Waals surface area contributed by atoms with Crippen LogP contribution in [0.25, 0.3) is 0 Å². The molecule has 94 valence electrons. The van der Waals surface area contributed by atoms with Crippen molar-refractivity contribution < 1.29 is 0 Å². The maximum atomic E-state index is 5.88. The van der Waals surface area contributed by atoms with Gasteiger partial charge in [-0.1, -0.05) is 36.0 Å². The number of benzene rings is 1. The van der Waals surface area contributed by atoms with Crippen LogP contribution in [0.2, 0.25) is 0 Å². The quantitative estimate of drug-likeness (QED) is 0.677. The molecule has 0 bridgehead atoms. The second kappa shape index (κ2) is 5.98. The van der Waals surface area contributed by atoms with Crippen LogP contribution in [0.3, 0.4) is 0 Å². The molecule has 1 heterocycles. The summed E-state index contributed by atoms with van der Waals surface area (Å²) in [5.41, 5.74) is 9.46. The normalized spacial score (nSPS) is 12.4. The molecule has 0 aliphatic rings. The molecule has 1 atom stereocenters. The van der Waals surface area contributed by atoms with Crippen molar-refractivity contribution in [2.75, 3.05) is 6.54 Å². The molecule has 1 aromatic carbocycles. The minimum Gasteiger partial charge on any atom is -0.329 e. The van der Waals surface area contributed by atoms with Crippen LogP contribution < -0.4 is 5.73 Å². The first-order valence-electron chi connectivity index (χ1n) is 5.91. The number of nitrogens with two attached hydrogens (primary N) is 1. The zero-order chi connectivity index (χ0) is 13.0. The van der Waals surface area contributed by atoms with Gasteiger partial charge in [0.15, 0.2) is 5.16 Å². The second-order valence-corrected chi connectivity index (χ2v) is 5.41. The Morgan fingerprint density at radius 1 is 1.17 bits per heavy atom. The number of rotatable bonds is 4. The summed E-state index contributed by atoms with van der Waals surface area (Å²) in [6, 6.07) is 8.31. The van der Waals surface area contributed by atoms with E-state index >= 15 is 0 Å². The molecule has 0 saturated heterocycles. The summed E-state index contributed by atoms with van der Waals surface area (Å²) in [5, 5.41) is 0.980. The van der Waals surface area contributed by atoms with E-state index in [4.69, 9.17) is 5.73 Å². The first-order valence-corrected chi connectivity index (χ1v) is 6.79. The molecule has 1 aromatic heterocycles. The standard InChI is InChI=1S/C14H17N3S/c1-10-8-16-14(17-9-10)18-13(7-15)12-6-4-3-5-11(12)2/h3-6,8-9,13H,7,15H2,1-2H3. The Morgan fingerprint density at radius 3 is 2.44 bits per heavy atom. The van der Waals surface area contributed by atoms with Crippen LogP contribution in [-0.4, -0.2) is 16.5 Å². The third-order valence-electron chi connectivity index (χ3n) is 2.75. The zero-order valence-corrected chi connectivity index (χ0v) is 11.4. The van der Waals surface area contributed by atoms with Gasteiger partial charge in [0.2, 0.25) is 0 Å². The van der Waals surface area contributed by atoms with Gasteiger partial charge >= 0.3 is 0 Å². The molecule has 18 heavy (non-hydrogen) atoms. The lowest BCUT2D eigenvalue weighted by molar-refractivity contribution is 0.898. The Kier molecular flexibility index (Phi) is 4.33. The molecule has 3 nitrogen and oxygen atoms in total. The molecule has 0 fully saturated rings. The summed E-state index contributed by atoms with van der Waals surface area (Å²) in [7, 11) is 0. The Labute approximate surface area is 112 Å². The molecule has 4 heteroatoms. The molecule has 0 aliphatic carbocycles. The lowest BCUT2D eigenvalue weighted by Crippen LogP contribution is -2.11. The number of hydrogen-bond acceptors (Lipinski definition) is 4. The predicted octanol–water partition coefficient (Wildman–Crippen LogP) is 2.89. The lowest BCUT2D eigenvalue weighted by atomic mass is 10.1. The molecule has 0 saturated carbocycles. The SMILES string of the molecule is Cc1cnc(SC(CN)c2ccccc2C)nc1. The highest BCUT2D eigenvalue weighted by Gasteiger charge is 2.14. The van der Waals surface area contributed by atoms with E-state index < -0.39 is 0 Å². The van der Waals surface area contributed by atoms with Gasteiger partial charge in [0.05, 0.1) is 0 Å². The minimum atomic E-state index is 0.203. The number of thioether (sulfide) groups is 1. The summed E-state index contributed by atoms with van der Waals surface area (Å²) in [6.45, 7) is 4.66. The third-order valence-corrected chi connectivity index (χ3v) is 3.91. The molecule has 2 aromatic rings. The summed E-state index contributed by atoms with van der Waals surface area (Å²) in [4.78, 5) is 8.63. The van der Waals surface area contributed by atoms with Crippen molar-refractivity contribution in [1.82, 2.24) is 9.97 Å². The Hall–Kier alpha value is -1.39. The Bertz CT molecular complexity index is 511. The van der Waals surface area contributed by atoms with Crippen molar-refractivity contribution in [2.45, 2.75) is 24.3 Å². The third kappa shape index (κ3) is 3.09. The summed E-state index contributed by atoms with van der Waals surface area (Å²) in [5.74, 6) is 0. The van der Waals surface area contributed by atoms with Crippen LogP contribution in [0.5, 0.6) is 0 Å². The van der Waals surface area contributed by atoms with Gasteiger partial charge < -0.3 is 5.73 Å². The molecule has 2 N–H and O–H groups in total. The predicted molar refractivity (Wildman–Crippen MR) is 75.6 cm³/mol. The van der Waals surface area contributed by atoms with Crippen LogP contribution in [0.4, 0.5) is 0 Å². The fraction of sp³-hybridized carbons (Fsp3) is 0.286. The maximum Gasteiger partial charge on any atom is 0.188 e. The van der Waals surface area contributed by atoms with Gasteiger partial charge in [-0.25, -0.2) is 9.97 Å². The molecule has 0 aliphatic heterocycles. The summed E-state index contributed by atoms with van der Waals surface area (Å²) < 4.78 is 0. The topological polar surface area (TPSA) is 51.8 Å². The van der Waals surface area contributed by atoms with Gasteiger partial charge in [0.1, 0.15) is 0 Å². The lowest BCUT2D eigenvalue weighted by Gasteiger charge is -2.16. The highest BCUT2D eigenvalue weighted by Crippen LogP contribution is 2.33. The smallest absolute Gasteiger partial charge is 0.188 e. The first-order chi connectivity index (χ1) is 8.70. The summed E-state index contributed by atoms with van der Waals surface area (Å²) >= 11 is 1.62. The first kappa shape index (κ1) is 13.1. The van der Waals surface area contributed by atoms with Gasteiger partial charge in [-0.2, -0.15) is 0 Å². The van der Waals surface area contributed by atoms with Crippen LogP contribution in [-0.2, 0) is 0 Å². The highest BCUT2D eigenvalue weighted by atomic mass is 32.2. The number of hydrogen-bond donors (Lipinski definition) is 1. The van der Waals surface area contributed by atoms with Crippen LogP contribution in [0.1, 0.15) is 21.9 Å².